The van der Waals surface area contributed by atoms with Crippen LogP contribution in [-0.4, -0.2) is 38.5 Å². The first-order chi connectivity index (χ1) is 12.1. The fourth-order valence-corrected chi connectivity index (χ4v) is 3.43. The number of thioether (sulfide) groups is 1. The average Bonchev–Trinajstić information content (AvgIpc) is 2.86. The summed E-state index contributed by atoms with van der Waals surface area (Å²) in [7, 11) is 0. The van der Waals surface area contributed by atoms with E-state index in [0.29, 0.717) is 31.0 Å². The number of hydrogen-bond acceptors (Lipinski definition) is 6. The minimum absolute atomic E-state index is 0.243. The van der Waals surface area contributed by atoms with Gasteiger partial charge in [0.05, 0.1) is 10.5 Å². The lowest BCUT2D eigenvalue weighted by atomic mass is 10.2. The van der Waals surface area contributed by atoms with Crippen LogP contribution in [0.25, 0.3) is 11.7 Å². The van der Waals surface area contributed by atoms with Crippen LogP contribution < -0.4 is 10.9 Å². The van der Waals surface area contributed by atoms with Crippen molar-refractivity contribution in [3.8, 4) is 0 Å². The van der Waals surface area contributed by atoms with E-state index < -0.39 is 0 Å². The molecule has 0 aromatic carbocycles. The summed E-state index contributed by atoms with van der Waals surface area (Å²) in [5.41, 5.74) is 0.496. The van der Waals surface area contributed by atoms with Crippen molar-refractivity contribution in [2.45, 2.75) is 20.3 Å². The first kappa shape index (κ1) is 17.2. The van der Waals surface area contributed by atoms with Crippen LogP contribution in [0.2, 0.25) is 0 Å². The van der Waals surface area contributed by atoms with Crippen LogP contribution in [0, 0.1) is 0 Å². The summed E-state index contributed by atoms with van der Waals surface area (Å²) in [5, 5.41) is 2.75. The fourth-order valence-electron chi connectivity index (χ4n) is 2.58. The number of rotatable bonds is 5. The Morgan fingerprint density at radius 2 is 2.04 bits per heavy atom. The van der Waals surface area contributed by atoms with Crippen LogP contribution >= 0.6 is 11.8 Å². The highest BCUT2D eigenvalue weighted by molar-refractivity contribution is 8.18. The smallest absolute Gasteiger partial charge is 0.293 e. The van der Waals surface area contributed by atoms with Gasteiger partial charge in [-0.2, -0.15) is 0 Å². The third kappa shape index (κ3) is 3.17. The van der Waals surface area contributed by atoms with Crippen LogP contribution in [0.1, 0.15) is 25.8 Å². The summed E-state index contributed by atoms with van der Waals surface area (Å²) in [6.07, 6.45) is 3.78. The number of carbonyl (C=O) groups is 2. The normalized spacial score (nSPS) is 16.2. The van der Waals surface area contributed by atoms with E-state index in [9.17, 15) is 14.4 Å². The van der Waals surface area contributed by atoms with Gasteiger partial charge in [-0.3, -0.25) is 23.7 Å². The maximum absolute atomic E-state index is 12.8. The molecule has 1 aliphatic heterocycles. The molecular formula is C17H18N4O3S. The molecule has 2 aromatic rings. The molecule has 0 saturated carbocycles. The second kappa shape index (κ2) is 7.10. The van der Waals surface area contributed by atoms with E-state index in [1.54, 1.807) is 24.4 Å². The topological polar surface area (TPSA) is 83.8 Å². The van der Waals surface area contributed by atoms with Crippen LogP contribution in [0.3, 0.4) is 0 Å². The minimum atomic E-state index is -0.364. The number of carbonyl (C=O) groups excluding carboxylic acids is 2. The number of amides is 2. The number of hydrogen-bond donors (Lipinski definition) is 1. The number of anilines is 1. The summed E-state index contributed by atoms with van der Waals surface area (Å²) in [4.78, 5) is 43.1. The van der Waals surface area contributed by atoms with Crippen molar-refractivity contribution in [2.75, 3.05) is 18.4 Å². The maximum Gasteiger partial charge on any atom is 0.293 e. The van der Waals surface area contributed by atoms with E-state index in [0.717, 1.165) is 11.8 Å². The van der Waals surface area contributed by atoms with Gasteiger partial charge in [-0.05, 0) is 43.3 Å². The van der Waals surface area contributed by atoms with Crippen molar-refractivity contribution >= 4 is 40.4 Å². The Labute approximate surface area is 148 Å². The van der Waals surface area contributed by atoms with Gasteiger partial charge >= 0.3 is 0 Å². The number of imide groups is 1. The Morgan fingerprint density at radius 1 is 1.24 bits per heavy atom. The van der Waals surface area contributed by atoms with Crippen molar-refractivity contribution in [3.05, 3.63) is 45.2 Å². The molecule has 1 N–H and O–H groups in total. The van der Waals surface area contributed by atoms with Crippen molar-refractivity contribution in [1.29, 1.82) is 0 Å². The summed E-state index contributed by atoms with van der Waals surface area (Å²) >= 11 is 0.852. The quantitative estimate of drug-likeness (QED) is 0.827. The Balaban J connectivity index is 2.13. The van der Waals surface area contributed by atoms with Gasteiger partial charge in [0.25, 0.3) is 16.7 Å². The van der Waals surface area contributed by atoms with Gasteiger partial charge in [0.15, 0.2) is 0 Å². The number of fused-ring (bicyclic) bond motifs is 1. The Kier molecular flexibility index (Phi) is 4.89. The lowest BCUT2D eigenvalue weighted by molar-refractivity contribution is -0.122. The first-order valence-corrected chi connectivity index (χ1v) is 8.89. The van der Waals surface area contributed by atoms with E-state index in [2.05, 4.69) is 10.3 Å². The molecule has 7 nitrogen and oxygen atoms in total. The summed E-state index contributed by atoms with van der Waals surface area (Å²) in [5.74, 6) is 0.0397. The third-order valence-electron chi connectivity index (χ3n) is 3.71. The summed E-state index contributed by atoms with van der Waals surface area (Å²) in [6, 6.07) is 5.27. The molecule has 0 atom stereocenters. The molecule has 0 spiro atoms. The van der Waals surface area contributed by atoms with Gasteiger partial charge < -0.3 is 5.32 Å². The van der Waals surface area contributed by atoms with Crippen molar-refractivity contribution in [2.24, 2.45) is 0 Å². The van der Waals surface area contributed by atoms with E-state index in [4.69, 9.17) is 0 Å². The second-order valence-corrected chi connectivity index (χ2v) is 6.46. The SMILES string of the molecule is CCCN1C(=O)S/C(=C\c2c(NCC)nc3ccccn3c2=O)C1=O. The molecule has 0 bridgehead atoms. The molecule has 1 aliphatic rings. The summed E-state index contributed by atoms with van der Waals surface area (Å²) in [6.45, 7) is 4.74. The Morgan fingerprint density at radius 3 is 2.76 bits per heavy atom. The van der Waals surface area contributed by atoms with Crippen molar-refractivity contribution < 1.29 is 9.59 Å². The molecule has 0 radical (unpaired) electrons. The highest BCUT2D eigenvalue weighted by Crippen LogP contribution is 2.32. The zero-order valence-corrected chi connectivity index (χ0v) is 14.8. The van der Waals surface area contributed by atoms with Gasteiger partial charge in [-0.15, -0.1) is 0 Å². The molecule has 25 heavy (non-hydrogen) atoms. The lowest BCUT2D eigenvalue weighted by Crippen LogP contribution is -2.28. The van der Waals surface area contributed by atoms with Crippen LogP contribution in [0.15, 0.2) is 34.1 Å². The van der Waals surface area contributed by atoms with E-state index in [1.807, 2.05) is 13.8 Å². The second-order valence-electron chi connectivity index (χ2n) is 5.47. The standard InChI is InChI=1S/C17H18N4O3S/c1-3-8-21-16(23)12(25-17(21)24)10-11-14(18-4-2)19-13-7-5-6-9-20(13)15(11)22/h5-7,9-10,18H,3-4,8H2,1-2H3/b12-10-. The third-order valence-corrected chi connectivity index (χ3v) is 4.62. The predicted octanol–water partition coefficient (Wildman–Crippen LogP) is 2.57. The monoisotopic (exact) mass is 358 g/mol. The zero-order valence-electron chi connectivity index (χ0n) is 14.0. The van der Waals surface area contributed by atoms with Gasteiger partial charge in [0, 0.05) is 19.3 Å². The minimum Gasteiger partial charge on any atom is -0.370 e. The lowest BCUT2D eigenvalue weighted by Gasteiger charge is -2.10. The number of pyridine rings is 1. The highest BCUT2D eigenvalue weighted by atomic mass is 32.2. The first-order valence-electron chi connectivity index (χ1n) is 8.07. The number of nitrogens with zero attached hydrogens (tertiary/aromatic N) is 3. The van der Waals surface area contributed by atoms with Gasteiger partial charge in [0.1, 0.15) is 11.5 Å². The van der Waals surface area contributed by atoms with Gasteiger partial charge in [0.2, 0.25) is 0 Å². The molecule has 0 aliphatic carbocycles. The molecule has 2 amide bonds. The fraction of sp³-hybridized carbons (Fsp3) is 0.294. The molecule has 1 fully saturated rings. The molecule has 8 heteroatoms. The highest BCUT2D eigenvalue weighted by Gasteiger charge is 2.34. The molecule has 0 unspecified atom stereocenters. The molecular weight excluding hydrogens is 340 g/mol. The largest absolute Gasteiger partial charge is 0.370 e. The molecule has 3 rings (SSSR count). The van der Waals surface area contributed by atoms with Crippen molar-refractivity contribution in [3.63, 3.8) is 0 Å². The van der Waals surface area contributed by atoms with Crippen LogP contribution in [0.5, 0.6) is 0 Å². The number of aromatic nitrogens is 2. The molecule has 3 heterocycles. The maximum atomic E-state index is 12.8. The number of nitrogens with one attached hydrogen (secondary N) is 1. The Hall–Kier alpha value is -2.61. The van der Waals surface area contributed by atoms with Crippen LogP contribution in [0.4, 0.5) is 10.6 Å². The molecule has 130 valence electrons. The average molecular weight is 358 g/mol. The Bertz CT molecular complexity index is 935. The molecule has 2 aromatic heterocycles. The van der Waals surface area contributed by atoms with E-state index in [1.165, 1.54) is 15.4 Å². The van der Waals surface area contributed by atoms with Crippen molar-refractivity contribution in [1.82, 2.24) is 14.3 Å². The summed E-state index contributed by atoms with van der Waals surface area (Å²) < 4.78 is 1.42. The van der Waals surface area contributed by atoms with E-state index in [-0.39, 0.29) is 27.2 Å². The predicted molar refractivity (Wildman–Crippen MR) is 98.6 cm³/mol. The van der Waals surface area contributed by atoms with Gasteiger partial charge in [-0.1, -0.05) is 13.0 Å². The molecule has 1 saturated heterocycles. The van der Waals surface area contributed by atoms with Gasteiger partial charge in [-0.25, -0.2) is 4.98 Å². The zero-order chi connectivity index (χ0) is 18.0. The van der Waals surface area contributed by atoms with E-state index >= 15 is 0 Å². The van der Waals surface area contributed by atoms with Crippen LogP contribution in [-0.2, 0) is 4.79 Å².